The van der Waals surface area contributed by atoms with Crippen LogP contribution in [0.2, 0.25) is 0 Å². The number of imidazole rings is 1. The van der Waals surface area contributed by atoms with Gasteiger partial charge in [0.25, 0.3) is 0 Å². The number of aromatic nitrogens is 3. The van der Waals surface area contributed by atoms with Gasteiger partial charge in [0.2, 0.25) is 5.95 Å². The Balaban J connectivity index is 1.85. The van der Waals surface area contributed by atoms with E-state index in [1.165, 1.54) is 24.4 Å². The first-order valence-corrected chi connectivity index (χ1v) is 7.59. The summed E-state index contributed by atoms with van der Waals surface area (Å²) in [4.78, 5) is 22.3. The molecule has 0 aliphatic heterocycles. The minimum atomic E-state index is -4.48. The topological polar surface area (TPSA) is 91.9 Å². The number of nitrogens with zero attached hydrogens (tertiary/aromatic N) is 2. The van der Waals surface area contributed by atoms with E-state index in [0.29, 0.717) is 16.9 Å². The molecule has 0 saturated heterocycles. The third-order valence-corrected chi connectivity index (χ3v) is 3.34. The van der Waals surface area contributed by atoms with E-state index in [2.05, 4.69) is 25.6 Å². The highest BCUT2D eigenvalue weighted by atomic mass is 19.4. The standard InChI is InChI=1S/C16H14F3N5O2/c1-2-26-15(25)24-14-22-12-7-9(8-20-13(12)23-14)21-11-6-4-3-5-10(11)16(17,18)19/h3-8,21H,2H2,1H3,(H2,20,22,23,24,25). The van der Waals surface area contributed by atoms with Crippen molar-refractivity contribution in [3.8, 4) is 0 Å². The number of nitrogens with one attached hydrogen (secondary N) is 3. The minimum Gasteiger partial charge on any atom is -0.450 e. The van der Waals surface area contributed by atoms with Crippen LogP contribution in [0.15, 0.2) is 36.5 Å². The van der Waals surface area contributed by atoms with E-state index in [-0.39, 0.29) is 18.2 Å². The number of H-pyrrole nitrogens is 1. The number of aromatic amines is 1. The van der Waals surface area contributed by atoms with Gasteiger partial charge in [-0.25, -0.2) is 9.78 Å². The molecule has 3 N–H and O–H groups in total. The number of fused-ring (bicyclic) bond motifs is 1. The summed E-state index contributed by atoms with van der Waals surface area (Å²) in [5.41, 5.74) is 0.193. The van der Waals surface area contributed by atoms with Crippen LogP contribution < -0.4 is 10.6 Å². The molecule has 10 heteroatoms. The first-order chi connectivity index (χ1) is 12.4. The fourth-order valence-electron chi connectivity index (χ4n) is 2.29. The van der Waals surface area contributed by atoms with E-state index in [1.807, 2.05) is 0 Å². The summed E-state index contributed by atoms with van der Waals surface area (Å²) in [5, 5.41) is 5.09. The maximum Gasteiger partial charge on any atom is 0.418 e. The molecule has 0 fully saturated rings. The van der Waals surface area contributed by atoms with Crippen molar-refractivity contribution in [1.82, 2.24) is 15.0 Å². The third-order valence-electron chi connectivity index (χ3n) is 3.34. The molecule has 1 amide bonds. The summed E-state index contributed by atoms with van der Waals surface area (Å²) in [6.45, 7) is 1.87. The van der Waals surface area contributed by atoms with Crippen molar-refractivity contribution in [2.75, 3.05) is 17.2 Å². The Kier molecular flexibility index (Phi) is 4.65. The Morgan fingerprint density at radius 2 is 2.08 bits per heavy atom. The highest BCUT2D eigenvalue weighted by molar-refractivity contribution is 5.86. The highest BCUT2D eigenvalue weighted by Crippen LogP contribution is 2.35. The van der Waals surface area contributed by atoms with Crippen molar-refractivity contribution in [1.29, 1.82) is 0 Å². The number of amides is 1. The SMILES string of the molecule is CCOC(=O)Nc1nc2ncc(Nc3ccccc3C(F)(F)F)cc2[nH]1. The molecule has 26 heavy (non-hydrogen) atoms. The third kappa shape index (κ3) is 3.85. The lowest BCUT2D eigenvalue weighted by molar-refractivity contribution is -0.136. The number of hydrogen-bond donors (Lipinski definition) is 3. The largest absolute Gasteiger partial charge is 0.450 e. The molecule has 3 aromatic rings. The molecule has 0 bridgehead atoms. The zero-order valence-corrected chi connectivity index (χ0v) is 13.5. The van der Waals surface area contributed by atoms with Gasteiger partial charge in [-0.2, -0.15) is 18.2 Å². The molecule has 0 atom stereocenters. The predicted octanol–water partition coefficient (Wildman–Crippen LogP) is 4.29. The average Bonchev–Trinajstić information content (AvgIpc) is 2.96. The second-order valence-corrected chi connectivity index (χ2v) is 5.19. The number of rotatable bonds is 4. The molecule has 0 aliphatic rings. The Bertz CT molecular complexity index is 939. The second kappa shape index (κ2) is 6.90. The van der Waals surface area contributed by atoms with Crippen LogP contribution in [-0.4, -0.2) is 27.7 Å². The molecule has 0 radical (unpaired) electrons. The van der Waals surface area contributed by atoms with Crippen molar-refractivity contribution in [3.05, 3.63) is 42.1 Å². The molecule has 2 heterocycles. The van der Waals surface area contributed by atoms with Gasteiger partial charge in [0.15, 0.2) is 5.65 Å². The van der Waals surface area contributed by atoms with Crippen molar-refractivity contribution in [2.45, 2.75) is 13.1 Å². The highest BCUT2D eigenvalue weighted by Gasteiger charge is 2.33. The normalized spacial score (nSPS) is 11.4. The number of alkyl halides is 3. The van der Waals surface area contributed by atoms with Crippen molar-refractivity contribution < 1.29 is 22.7 Å². The van der Waals surface area contributed by atoms with Crippen molar-refractivity contribution in [3.63, 3.8) is 0 Å². The minimum absolute atomic E-state index is 0.0921. The molecule has 0 aliphatic carbocycles. The summed E-state index contributed by atoms with van der Waals surface area (Å²) in [7, 11) is 0. The van der Waals surface area contributed by atoms with Gasteiger partial charge < -0.3 is 15.0 Å². The number of hydrogen-bond acceptors (Lipinski definition) is 5. The summed E-state index contributed by atoms with van der Waals surface area (Å²) in [6.07, 6.45) is -3.81. The Hall–Kier alpha value is -3.30. The first-order valence-electron chi connectivity index (χ1n) is 7.59. The van der Waals surface area contributed by atoms with Gasteiger partial charge in [-0.15, -0.1) is 0 Å². The van der Waals surface area contributed by atoms with Crippen LogP contribution >= 0.6 is 0 Å². The molecule has 1 aromatic carbocycles. The van der Waals surface area contributed by atoms with E-state index in [1.54, 1.807) is 13.0 Å². The number of ether oxygens (including phenoxy) is 1. The molecular formula is C16H14F3N5O2. The predicted molar refractivity (Wildman–Crippen MR) is 89.3 cm³/mol. The van der Waals surface area contributed by atoms with Gasteiger partial charge in [-0.1, -0.05) is 12.1 Å². The van der Waals surface area contributed by atoms with Crippen LogP contribution in [0.5, 0.6) is 0 Å². The Labute approximate surface area is 145 Å². The smallest absolute Gasteiger partial charge is 0.418 e. The maximum atomic E-state index is 13.1. The number of halogens is 3. The van der Waals surface area contributed by atoms with Crippen LogP contribution in [0.4, 0.5) is 35.3 Å². The van der Waals surface area contributed by atoms with Gasteiger partial charge in [-0.05, 0) is 25.1 Å². The Morgan fingerprint density at radius 3 is 2.81 bits per heavy atom. The molecule has 3 rings (SSSR count). The lowest BCUT2D eigenvalue weighted by Gasteiger charge is -2.14. The summed E-state index contributed by atoms with van der Waals surface area (Å²) in [5.74, 6) is 0.124. The van der Waals surface area contributed by atoms with Gasteiger partial charge >= 0.3 is 12.3 Å². The van der Waals surface area contributed by atoms with Crippen LogP contribution in [-0.2, 0) is 10.9 Å². The van der Waals surface area contributed by atoms with Gasteiger partial charge in [-0.3, -0.25) is 5.32 Å². The summed E-state index contributed by atoms with van der Waals surface area (Å²) >= 11 is 0. The second-order valence-electron chi connectivity index (χ2n) is 5.19. The van der Waals surface area contributed by atoms with E-state index >= 15 is 0 Å². The van der Waals surface area contributed by atoms with E-state index in [9.17, 15) is 18.0 Å². The van der Waals surface area contributed by atoms with Crippen LogP contribution in [0.25, 0.3) is 11.2 Å². The van der Waals surface area contributed by atoms with E-state index < -0.39 is 17.8 Å². The van der Waals surface area contributed by atoms with Crippen molar-refractivity contribution >= 4 is 34.6 Å². The molecule has 136 valence electrons. The van der Waals surface area contributed by atoms with E-state index in [0.717, 1.165) is 6.07 Å². The number of benzene rings is 1. The molecule has 7 nitrogen and oxygen atoms in total. The van der Waals surface area contributed by atoms with Gasteiger partial charge in [0.1, 0.15) is 0 Å². The average molecular weight is 365 g/mol. The summed E-state index contributed by atoms with van der Waals surface area (Å²) in [6, 6.07) is 6.68. The molecule has 2 aromatic heterocycles. The lowest BCUT2D eigenvalue weighted by atomic mass is 10.1. The van der Waals surface area contributed by atoms with E-state index in [4.69, 9.17) is 4.74 Å². The number of carbonyl (C=O) groups is 1. The molecule has 0 spiro atoms. The number of carbonyl (C=O) groups excluding carboxylic acids is 1. The van der Waals surface area contributed by atoms with Crippen LogP contribution in [0, 0.1) is 0 Å². The maximum absolute atomic E-state index is 13.1. The monoisotopic (exact) mass is 365 g/mol. The molecular weight excluding hydrogens is 351 g/mol. The number of pyridine rings is 1. The molecule has 0 saturated carbocycles. The molecule has 0 unspecified atom stereocenters. The zero-order valence-electron chi connectivity index (χ0n) is 13.5. The van der Waals surface area contributed by atoms with Crippen LogP contribution in [0.3, 0.4) is 0 Å². The first kappa shape index (κ1) is 17.5. The fourth-order valence-corrected chi connectivity index (χ4v) is 2.29. The number of anilines is 3. The summed E-state index contributed by atoms with van der Waals surface area (Å²) < 4.78 is 43.9. The van der Waals surface area contributed by atoms with Gasteiger partial charge in [0.05, 0.1) is 35.3 Å². The zero-order chi connectivity index (χ0) is 18.7. The van der Waals surface area contributed by atoms with Crippen LogP contribution in [0.1, 0.15) is 12.5 Å². The quantitative estimate of drug-likeness (QED) is 0.642. The number of para-hydroxylation sites is 1. The fraction of sp³-hybridized carbons (Fsp3) is 0.188. The van der Waals surface area contributed by atoms with Gasteiger partial charge in [0, 0.05) is 0 Å². The van der Waals surface area contributed by atoms with Crippen molar-refractivity contribution in [2.24, 2.45) is 0 Å². The lowest BCUT2D eigenvalue weighted by Crippen LogP contribution is -2.14. The Morgan fingerprint density at radius 1 is 1.31 bits per heavy atom.